The van der Waals surface area contributed by atoms with Crippen molar-refractivity contribution < 1.29 is 9.90 Å². The predicted molar refractivity (Wildman–Crippen MR) is 75.9 cm³/mol. The first-order valence-electron chi connectivity index (χ1n) is 5.77. The summed E-state index contributed by atoms with van der Waals surface area (Å²) in [5.74, 6) is 0.656. The Hall–Kier alpha value is -1.46. The molecule has 2 rings (SSSR count). The summed E-state index contributed by atoms with van der Waals surface area (Å²) in [4.78, 5) is 16.1. The fraction of sp³-hybridized carbons (Fsp3) is 0.231. The number of aryl methyl sites for hydroxylation is 1. The molecule has 100 valence electrons. The zero-order chi connectivity index (χ0) is 13.8. The number of thioether (sulfide) groups is 1. The Balaban J connectivity index is 2.12. The first-order valence-corrected chi connectivity index (χ1v) is 7.13. The van der Waals surface area contributed by atoms with Gasteiger partial charge in [-0.2, -0.15) is 0 Å². The SMILES string of the molecule is CCn1ccnc1CSc1ccc(Cl)c(C(=O)O)c1. The van der Waals surface area contributed by atoms with E-state index in [1.807, 2.05) is 12.3 Å². The fourth-order valence-corrected chi connectivity index (χ4v) is 2.77. The lowest BCUT2D eigenvalue weighted by molar-refractivity contribution is 0.0697. The predicted octanol–water partition coefficient (Wildman–Crippen LogP) is 3.55. The van der Waals surface area contributed by atoms with Crippen molar-refractivity contribution in [2.75, 3.05) is 0 Å². The largest absolute Gasteiger partial charge is 0.478 e. The Kier molecular flexibility index (Phi) is 4.50. The second-order valence-electron chi connectivity index (χ2n) is 3.86. The smallest absolute Gasteiger partial charge is 0.337 e. The number of carbonyl (C=O) groups is 1. The molecule has 6 heteroatoms. The standard InChI is InChI=1S/C13H13ClN2O2S/c1-2-16-6-5-15-12(16)8-19-9-3-4-11(14)10(7-9)13(17)18/h3-7H,2,8H2,1H3,(H,17,18). The van der Waals surface area contributed by atoms with E-state index in [1.165, 1.54) is 0 Å². The highest BCUT2D eigenvalue weighted by molar-refractivity contribution is 7.98. The zero-order valence-electron chi connectivity index (χ0n) is 10.3. The van der Waals surface area contributed by atoms with Crippen molar-refractivity contribution in [1.82, 2.24) is 9.55 Å². The third-order valence-electron chi connectivity index (χ3n) is 2.68. The van der Waals surface area contributed by atoms with Crippen LogP contribution in [0.3, 0.4) is 0 Å². The van der Waals surface area contributed by atoms with Crippen LogP contribution in [0.5, 0.6) is 0 Å². The molecule has 4 nitrogen and oxygen atoms in total. The molecular formula is C13H13ClN2O2S. The summed E-state index contributed by atoms with van der Waals surface area (Å²) < 4.78 is 2.06. The average molecular weight is 297 g/mol. The first-order chi connectivity index (χ1) is 9.11. The van der Waals surface area contributed by atoms with E-state index in [2.05, 4.69) is 16.5 Å². The number of aromatic carboxylic acids is 1. The van der Waals surface area contributed by atoms with Gasteiger partial charge in [-0.3, -0.25) is 0 Å². The molecule has 0 atom stereocenters. The van der Waals surface area contributed by atoms with Gasteiger partial charge in [-0.1, -0.05) is 11.6 Å². The van der Waals surface area contributed by atoms with Gasteiger partial charge >= 0.3 is 5.97 Å². The van der Waals surface area contributed by atoms with Crippen molar-refractivity contribution in [3.05, 3.63) is 47.0 Å². The lowest BCUT2D eigenvalue weighted by Crippen LogP contribution is -2.00. The lowest BCUT2D eigenvalue weighted by Gasteiger charge is -2.06. The van der Waals surface area contributed by atoms with Gasteiger partial charge in [0.25, 0.3) is 0 Å². The summed E-state index contributed by atoms with van der Waals surface area (Å²) in [5.41, 5.74) is 0.130. The van der Waals surface area contributed by atoms with Gasteiger partial charge in [0.15, 0.2) is 0 Å². The molecule has 0 fully saturated rings. The van der Waals surface area contributed by atoms with Crippen LogP contribution in [0.4, 0.5) is 0 Å². The maximum absolute atomic E-state index is 11.0. The highest BCUT2D eigenvalue weighted by Crippen LogP contribution is 2.26. The number of nitrogens with zero attached hydrogens (tertiary/aromatic N) is 2. The summed E-state index contributed by atoms with van der Waals surface area (Å²) in [6.45, 7) is 2.93. The molecule has 0 aliphatic rings. The molecule has 0 saturated heterocycles. The fourth-order valence-electron chi connectivity index (χ4n) is 1.67. The summed E-state index contributed by atoms with van der Waals surface area (Å²) >= 11 is 7.37. The number of hydrogen-bond acceptors (Lipinski definition) is 3. The average Bonchev–Trinajstić information content (AvgIpc) is 2.84. The minimum Gasteiger partial charge on any atom is -0.478 e. The van der Waals surface area contributed by atoms with Gasteiger partial charge < -0.3 is 9.67 Å². The van der Waals surface area contributed by atoms with Crippen molar-refractivity contribution in [3.8, 4) is 0 Å². The molecule has 0 aliphatic carbocycles. The minimum absolute atomic E-state index is 0.130. The molecule has 0 bridgehead atoms. The van der Waals surface area contributed by atoms with Crippen LogP contribution in [-0.4, -0.2) is 20.6 Å². The van der Waals surface area contributed by atoms with Crippen molar-refractivity contribution in [2.45, 2.75) is 24.1 Å². The number of rotatable bonds is 5. The van der Waals surface area contributed by atoms with E-state index in [9.17, 15) is 4.79 Å². The van der Waals surface area contributed by atoms with Gasteiger partial charge in [0, 0.05) is 23.8 Å². The van der Waals surface area contributed by atoms with Gasteiger partial charge in [-0.15, -0.1) is 11.8 Å². The number of benzene rings is 1. The van der Waals surface area contributed by atoms with Crippen LogP contribution in [0, 0.1) is 0 Å². The number of imidazole rings is 1. The topological polar surface area (TPSA) is 55.1 Å². The molecular weight excluding hydrogens is 284 g/mol. The van der Waals surface area contributed by atoms with Crippen LogP contribution in [0.15, 0.2) is 35.5 Å². The van der Waals surface area contributed by atoms with E-state index >= 15 is 0 Å². The van der Waals surface area contributed by atoms with Gasteiger partial charge in [-0.25, -0.2) is 9.78 Å². The number of aromatic nitrogens is 2. The number of carboxylic acid groups (broad SMARTS) is 1. The molecule has 0 amide bonds. The Morgan fingerprint density at radius 2 is 2.32 bits per heavy atom. The highest BCUT2D eigenvalue weighted by atomic mass is 35.5. The third-order valence-corrected chi connectivity index (χ3v) is 4.00. The van der Waals surface area contributed by atoms with Gasteiger partial charge in [0.1, 0.15) is 5.82 Å². The Bertz CT molecular complexity index is 598. The van der Waals surface area contributed by atoms with E-state index in [0.717, 1.165) is 17.3 Å². The Morgan fingerprint density at radius 3 is 3.00 bits per heavy atom. The van der Waals surface area contributed by atoms with Crippen molar-refractivity contribution >= 4 is 29.3 Å². The zero-order valence-corrected chi connectivity index (χ0v) is 11.9. The van der Waals surface area contributed by atoms with Crippen molar-refractivity contribution in [2.24, 2.45) is 0 Å². The Labute approximate surface area is 120 Å². The van der Waals surface area contributed by atoms with Gasteiger partial charge in [0.2, 0.25) is 0 Å². The molecule has 1 aromatic heterocycles. The molecule has 2 aromatic rings. The molecule has 0 aliphatic heterocycles. The molecule has 1 N–H and O–H groups in total. The molecule has 0 unspecified atom stereocenters. The second-order valence-corrected chi connectivity index (χ2v) is 5.32. The highest BCUT2D eigenvalue weighted by Gasteiger charge is 2.10. The van der Waals surface area contributed by atoms with Gasteiger partial charge in [-0.05, 0) is 25.1 Å². The van der Waals surface area contributed by atoms with Crippen LogP contribution in [-0.2, 0) is 12.3 Å². The van der Waals surface area contributed by atoms with E-state index in [4.69, 9.17) is 16.7 Å². The molecule has 0 radical (unpaired) electrons. The monoisotopic (exact) mass is 296 g/mol. The maximum Gasteiger partial charge on any atom is 0.337 e. The van der Waals surface area contributed by atoms with E-state index in [0.29, 0.717) is 5.75 Å². The van der Waals surface area contributed by atoms with Crippen LogP contribution in [0.2, 0.25) is 5.02 Å². The number of halogens is 1. The number of carboxylic acids is 1. The normalized spacial score (nSPS) is 10.6. The third kappa shape index (κ3) is 3.30. The molecule has 0 saturated carbocycles. The van der Waals surface area contributed by atoms with E-state index in [1.54, 1.807) is 30.1 Å². The second kappa shape index (κ2) is 6.12. The maximum atomic E-state index is 11.0. The van der Waals surface area contributed by atoms with Crippen LogP contribution < -0.4 is 0 Å². The summed E-state index contributed by atoms with van der Waals surface area (Å²) in [5, 5.41) is 9.27. The molecule has 1 aromatic carbocycles. The summed E-state index contributed by atoms with van der Waals surface area (Å²) in [7, 11) is 0. The van der Waals surface area contributed by atoms with E-state index < -0.39 is 5.97 Å². The summed E-state index contributed by atoms with van der Waals surface area (Å²) in [6, 6.07) is 5.02. The number of hydrogen-bond donors (Lipinski definition) is 1. The lowest BCUT2D eigenvalue weighted by atomic mass is 10.2. The quantitative estimate of drug-likeness (QED) is 0.857. The van der Waals surface area contributed by atoms with E-state index in [-0.39, 0.29) is 10.6 Å². The first kappa shape index (κ1) is 14.0. The van der Waals surface area contributed by atoms with Crippen molar-refractivity contribution in [3.63, 3.8) is 0 Å². The minimum atomic E-state index is -1.01. The molecule has 19 heavy (non-hydrogen) atoms. The summed E-state index contributed by atoms with van der Waals surface area (Å²) in [6.07, 6.45) is 3.70. The van der Waals surface area contributed by atoms with Gasteiger partial charge in [0.05, 0.1) is 16.3 Å². The molecule has 1 heterocycles. The molecule has 0 spiro atoms. The van der Waals surface area contributed by atoms with Crippen molar-refractivity contribution in [1.29, 1.82) is 0 Å². The van der Waals surface area contributed by atoms with Crippen LogP contribution in [0.1, 0.15) is 23.1 Å². The van der Waals surface area contributed by atoms with Crippen LogP contribution >= 0.6 is 23.4 Å². The Morgan fingerprint density at radius 1 is 1.53 bits per heavy atom. The van der Waals surface area contributed by atoms with Crippen LogP contribution in [0.25, 0.3) is 0 Å².